The first kappa shape index (κ1) is 22.6. The van der Waals surface area contributed by atoms with E-state index in [1.54, 1.807) is 0 Å². The van der Waals surface area contributed by atoms with Gasteiger partial charge in [-0.05, 0) is 57.1 Å². The number of benzene rings is 1. The first-order chi connectivity index (χ1) is 13.1. The van der Waals surface area contributed by atoms with Crippen molar-refractivity contribution in [3.05, 3.63) is 68.5 Å². The summed E-state index contributed by atoms with van der Waals surface area (Å²) in [6, 6.07) is 8.83. The van der Waals surface area contributed by atoms with Crippen LogP contribution in [0.3, 0.4) is 0 Å². The molecule has 4 N–H and O–H groups in total. The molecule has 0 atom stereocenters. The Hall–Kier alpha value is -1.66. The van der Waals surface area contributed by atoms with Crippen molar-refractivity contribution in [2.75, 3.05) is 11.2 Å². The summed E-state index contributed by atoms with van der Waals surface area (Å²) in [7, 11) is 0. The van der Waals surface area contributed by atoms with Crippen molar-refractivity contribution >= 4 is 55.4 Å². The van der Waals surface area contributed by atoms with Crippen LogP contribution in [0, 0.1) is 11.8 Å². The quantitative estimate of drug-likeness (QED) is 0.215. The standard InChI is InChI=1S/C17H12BrClN5O2S.W/c18-16-13(5-4-10-2-1-3-11(6-10)9-25)24-27-17(16)23-26-22-14-7-15(19)21-8-12(14)20;/h1-3,6-8,23,25H,9,20H2;/q-1;. The van der Waals surface area contributed by atoms with Crippen LogP contribution in [0.5, 0.6) is 0 Å². The van der Waals surface area contributed by atoms with E-state index in [0.717, 1.165) is 22.7 Å². The van der Waals surface area contributed by atoms with Crippen LogP contribution in [0.15, 0.2) is 41.0 Å². The molecule has 144 valence electrons. The Bertz CT molecular complexity index is 1020. The van der Waals surface area contributed by atoms with E-state index in [1.807, 2.05) is 24.3 Å². The van der Waals surface area contributed by atoms with E-state index in [9.17, 15) is 5.11 Å². The van der Waals surface area contributed by atoms with Gasteiger partial charge in [0.15, 0.2) is 0 Å². The van der Waals surface area contributed by atoms with E-state index in [-0.39, 0.29) is 32.8 Å². The zero-order valence-corrected chi connectivity index (χ0v) is 20.1. The maximum Gasteiger partial charge on any atom is 0.148 e. The zero-order chi connectivity index (χ0) is 19.2. The molecule has 0 saturated heterocycles. The van der Waals surface area contributed by atoms with Gasteiger partial charge in [-0.15, -0.1) is 0 Å². The number of nitrogens with two attached hydrogens (primary N) is 1. The average molecular weight is 650 g/mol. The summed E-state index contributed by atoms with van der Waals surface area (Å²) < 4.78 is 4.91. The SMILES string of the molecule is Nc1cnc(Cl)cc1[N-]ONc1snc(C#Cc2cccc(CO)c2)c1Br.[W]. The maximum absolute atomic E-state index is 9.18. The Balaban J connectivity index is 0.00000280. The van der Waals surface area contributed by atoms with Crippen LogP contribution in [0.4, 0.5) is 16.4 Å². The van der Waals surface area contributed by atoms with Gasteiger partial charge in [0.1, 0.15) is 15.8 Å². The number of hydrogen-bond donors (Lipinski definition) is 3. The van der Waals surface area contributed by atoms with E-state index in [4.69, 9.17) is 22.3 Å². The maximum atomic E-state index is 9.18. The third-order valence-corrected chi connectivity index (χ3v) is 5.22. The van der Waals surface area contributed by atoms with Crippen LogP contribution in [-0.4, -0.2) is 14.5 Å². The second-order valence-corrected chi connectivity index (χ2v) is 7.09. The molecule has 0 bridgehead atoms. The molecule has 3 aromatic rings. The van der Waals surface area contributed by atoms with Crippen molar-refractivity contribution in [2.45, 2.75) is 6.61 Å². The predicted molar refractivity (Wildman–Crippen MR) is 110 cm³/mol. The normalized spacial score (nSPS) is 9.82. The fourth-order valence-corrected chi connectivity index (χ4v) is 3.25. The number of nitrogens with one attached hydrogen (secondary N) is 1. The van der Waals surface area contributed by atoms with Crippen LogP contribution in [0.25, 0.3) is 5.48 Å². The van der Waals surface area contributed by atoms with Gasteiger partial charge in [-0.2, -0.15) is 4.37 Å². The Morgan fingerprint density at radius 2 is 2.18 bits per heavy atom. The average Bonchev–Trinajstić information content (AvgIpc) is 3.03. The van der Waals surface area contributed by atoms with Gasteiger partial charge in [0.05, 0.1) is 17.3 Å². The van der Waals surface area contributed by atoms with Crippen molar-refractivity contribution in [1.82, 2.24) is 9.36 Å². The van der Waals surface area contributed by atoms with Crippen LogP contribution in [-0.2, 0) is 32.6 Å². The molecule has 0 spiro atoms. The van der Waals surface area contributed by atoms with Gasteiger partial charge in [-0.1, -0.05) is 35.3 Å². The number of aliphatic hydroxyl groups excluding tert-OH is 1. The molecule has 3 rings (SSSR count). The largest absolute Gasteiger partial charge is 0.534 e. The van der Waals surface area contributed by atoms with E-state index < -0.39 is 0 Å². The molecule has 11 heteroatoms. The summed E-state index contributed by atoms with van der Waals surface area (Å²) in [5.74, 6) is 5.98. The summed E-state index contributed by atoms with van der Waals surface area (Å²) in [5, 5.41) is 10.0. The minimum atomic E-state index is -0.0297. The van der Waals surface area contributed by atoms with Crippen LogP contribution in [0.1, 0.15) is 16.8 Å². The molecule has 0 saturated carbocycles. The number of aliphatic hydroxyl groups is 1. The minimum absolute atomic E-state index is 0. The number of hydrogen-bond acceptors (Lipinski definition) is 7. The van der Waals surface area contributed by atoms with Gasteiger partial charge in [-0.25, -0.2) is 4.98 Å². The number of aromatic nitrogens is 2. The number of rotatable bonds is 5. The first-order valence-corrected chi connectivity index (χ1v) is 9.42. The molecule has 0 amide bonds. The minimum Gasteiger partial charge on any atom is -0.534 e. The van der Waals surface area contributed by atoms with Gasteiger partial charge in [0, 0.05) is 32.3 Å². The summed E-state index contributed by atoms with van der Waals surface area (Å²) >= 11 is 10.4. The molecular formula is C17H12BrClN5O2SW-. The van der Waals surface area contributed by atoms with Gasteiger partial charge < -0.3 is 21.3 Å². The van der Waals surface area contributed by atoms with Crippen molar-refractivity contribution in [3.8, 4) is 11.8 Å². The number of nitrogen functional groups attached to an aromatic ring is 1. The second kappa shape index (κ2) is 10.8. The third-order valence-electron chi connectivity index (χ3n) is 3.23. The molecular weight excluding hydrogens is 637 g/mol. The van der Waals surface area contributed by atoms with E-state index in [2.05, 4.69) is 48.1 Å². The molecule has 28 heavy (non-hydrogen) atoms. The van der Waals surface area contributed by atoms with E-state index in [1.165, 1.54) is 12.3 Å². The Morgan fingerprint density at radius 3 is 2.96 bits per heavy atom. The number of nitrogens with zero attached hydrogens (tertiary/aromatic N) is 3. The van der Waals surface area contributed by atoms with Crippen LogP contribution >= 0.6 is 39.1 Å². The fraction of sp³-hybridized carbons (Fsp3) is 0.0588. The van der Waals surface area contributed by atoms with Crippen LogP contribution in [0.2, 0.25) is 5.15 Å². The second-order valence-electron chi connectivity index (χ2n) is 5.13. The van der Waals surface area contributed by atoms with Crippen LogP contribution < -0.4 is 11.2 Å². The molecule has 2 heterocycles. The molecule has 0 fully saturated rings. The van der Waals surface area contributed by atoms with Crippen molar-refractivity contribution in [1.29, 1.82) is 0 Å². The molecule has 7 nitrogen and oxygen atoms in total. The summed E-state index contributed by atoms with van der Waals surface area (Å²) in [5.41, 5.74) is 15.1. The summed E-state index contributed by atoms with van der Waals surface area (Å²) in [4.78, 5) is 8.94. The molecule has 0 aliphatic rings. The van der Waals surface area contributed by atoms with Gasteiger partial charge >= 0.3 is 0 Å². The van der Waals surface area contributed by atoms with Gasteiger partial charge in [-0.3, -0.25) is 5.48 Å². The third kappa shape index (κ3) is 5.92. The first-order valence-electron chi connectivity index (χ1n) is 7.48. The summed E-state index contributed by atoms with van der Waals surface area (Å²) in [6.45, 7) is -0.0297. The van der Waals surface area contributed by atoms with Crippen molar-refractivity contribution in [2.24, 2.45) is 0 Å². The number of halogens is 2. The van der Waals surface area contributed by atoms with E-state index in [0.29, 0.717) is 26.5 Å². The molecule has 0 aliphatic heterocycles. The number of pyridine rings is 1. The topological polar surface area (TPSA) is 107 Å². The Morgan fingerprint density at radius 1 is 1.36 bits per heavy atom. The summed E-state index contributed by atoms with van der Waals surface area (Å²) in [6.07, 6.45) is 1.40. The zero-order valence-electron chi connectivity index (χ0n) is 14.0. The van der Waals surface area contributed by atoms with Gasteiger partial charge in [0.25, 0.3) is 0 Å². The predicted octanol–water partition coefficient (Wildman–Crippen LogP) is 4.39. The fourth-order valence-electron chi connectivity index (χ4n) is 1.92. The van der Waals surface area contributed by atoms with Crippen molar-refractivity contribution < 1.29 is 31.1 Å². The van der Waals surface area contributed by atoms with Crippen molar-refractivity contribution in [3.63, 3.8) is 0 Å². The molecule has 0 unspecified atom stereocenters. The molecule has 0 radical (unpaired) electrons. The number of anilines is 2. The van der Waals surface area contributed by atoms with Gasteiger partial charge in [0.2, 0.25) is 0 Å². The monoisotopic (exact) mass is 648 g/mol. The van der Waals surface area contributed by atoms with E-state index >= 15 is 0 Å². The molecule has 1 aromatic carbocycles. The Labute approximate surface area is 193 Å². The Kier molecular flexibility index (Phi) is 8.70. The molecule has 0 aliphatic carbocycles. The molecule has 2 aromatic heterocycles. The smallest absolute Gasteiger partial charge is 0.148 e.